The summed E-state index contributed by atoms with van der Waals surface area (Å²) < 4.78 is 0. The van der Waals surface area contributed by atoms with Gasteiger partial charge in [0.1, 0.15) is 0 Å². The standard InChI is InChI=1S/C16H26N2O/c1-6-18(14-9-7-13(17)8-10-14)15(19)11-12(2)16(3,4)5/h7-10,12H,6,11,17H2,1-5H3. The van der Waals surface area contributed by atoms with Gasteiger partial charge in [-0.15, -0.1) is 0 Å². The predicted molar refractivity (Wildman–Crippen MR) is 82.1 cm³/mol. The second kappa shape index (κ2) is 6.09. The minimum absolute atomic E-state index is 0.149. The number of carbonyl (C=O) groups excluding carboxylic acids is 1. The van der Waals surface area contributed by atoms with Crippen LogP contribution in [0, 0.1) is 11.3 Å². The molecule has 0 fully saturated rings. The lowest BCUT2D eigenvalue weighted by Gasteiger charge is -2.29. The van der Waals surface area contributed by atoms with Crippen LogP contribution < -0.4 is 10.6 Å². The Morgan fingerprint density at radius 1 is 1.26 bits per heavy atom. The van der Waals surface area contributed by atoms with Gasteiger partial charge in [-0.05, 0) is 42.5 Å². The van der Waals surface area contributed by atoms with Gasteiger partial charge >= 0.3 is 0 Å². The van der Waals surface area contributed by atoms with E-state index in [-0.39, 0.29) is 11.3 Å². The number of hydrogen-bond donors (Lipinski definition) is 1. The Hall–Kier alpha value is -1.51. The van der Waals surface area contributed by atoms with Gasteiger partial charge in [0.05, 0.1) is 0 Å². The number of hydrogen-bond acceptors (Lipinski definition) is 2. The summed E-state index contributed by atoms with van der Waals surface area (Å²) in [5, 5.41) is 0. The first kappa shape index (κ1) is 15.5. The van der Waals surface area contributed by atoms with Crippen LogP contribution in [0.25, 0.3) is 0 Å². The number of nitrogens with zero attached hydrogens (tertiary/aromatic N) is 1. The molecule has 3 nitrogen and oxygen atoms in total. The molecule has 2 N–H and O–H groups in total. The Bertz CT molecular complexity index is 417. The largest absolute Gasteiger partial charge is 0.399 e. The molecule has 1 aromatic rings. The first-order valence-electron chi connectivity index (χ1n) is 6.91. The topological polar surface area (TPSA) is 46.3 Å². The molecule has 0 aliphatic rings. The van der Waals surface area contributed by atoms with Crippen LogP contribution in [-0.4, -0.2) is 12.5 Å². The van der Waals surface area contributed by atoms with Crippen LogP contribution in [0.15, 0.2) is 24.3 Å². The Morgan fingerprint density at radius 3 is 2.21 bits per heavy atom. The van der Waals surface area contributed by atoms with Crippen molar-refractivity contribution in [1.82, 2.24) is 0 Å². The summed E-state index contributed by atoms with van der Waals surface area (Å²) in [4.78, 5) is 14.2. The molecule has 0 aromatic heterocycles. The number of nitrogens with two attached hydrogens (primary N) is 1. The van der Waals surface area contributed by atoms with E-state index in [1.54, 1.807) is 0 Å². The van der Waals surface area contributed by atoms with Crippen molar-refractivity contribution in [1.29, 1.82) is 0 Å². The maximum Gasteiger partial charge on any atom is 0.227 e. The van der Waals surface area contributed by atoms with E-state index < -0.39 is 0 Å². The van der Waals surface area contributed by atoms with Crippen molar-refractivity contribution in [2.75, 3.05) is 17.2 Å². The Morgan fingerprint density at radius 2 is 1.79 bits per heavy atom. The summed E-state index contributed by atoms with van der Waals surface area (Å²) in [6.07, 6.45) is 0.571. The molecule has 0 aliphatic carbocycles. The maximum absolute atomic E-state index is 12.4. The third kappa shape index (κ3) is 4.27. The number of anilines is 2. The van der Waals surface area contributed by atoms with Crippen LogP contribution in [0.4, 0.5) is 11.4 Å². The highest BCUT2D eigenvalue weighted by atomic mass is 16.2. The normalized spacial score (nSPS) is 13.1. The summed E-state index contributed by atoms with van der Waals surface area (Å²) in [6.45, 7) is 11.3. The highest BCUT2D eigenvalue weighted by molar-refractivity contribution is 5.93. The molecule has 106 valence electrons. The summed E-state index contributed by atoms with van der Waals surface area (Å²) >= 11 is 0. The molecule has 0 radical (unpaired) electrons. The maximum atomic E-state index is 12.4. The first-order valence-corrected chi connectivity index (χ1v) is 6.91. The molecule has 1 rings (SSSR count). The minimum Gasteiger partial charge on any atom is -0.399 e. The van der Waals surface area contributed by atoms with Gasteiger partial charge in [-0.25, -0.2) is 0 Å². The number of benzene rings is 1. The summed E-state index contributed by atoms with van der Waals surface area (Å²) in [6, 6.07) is 7.47. The second-order valence-corrected chi connectivity index (χ2v) is 6.20. The van der Waals surface area contributed by atoms with Crippen molar-refractivity contribution in [3.8, 4) is 0 Å². The number of carbonyl (C=O) groups is 1. The van der Waals surface area contributed by atoms with Crippen molar-refractivity contribution in [2.24, 2.45) is 11.3 Å². The summed E-state index contributed by atoms with van der Waals surface area (Å²) in [5.41, 5.74) is 7.46. The molecule has 3 heteroatoms. The van der Waals surface area contributed by atoms with Crippen LogP contribution in [-0.2, 0) is 4.79 Å². The van der Waals surface area contributed by atoms with Crippen molar-refractivity contribution < 1.29 is 4.79 Å². The molecule has 0 bridgehead atoms. The zero-order valence-corrected chi connectivity index (χ0v) is 12.7. The average Bonchev–Trinajstić information content (AvgIpc) is 2.31. The van der Waals surface area contributed by atoms with E-state index in [0.717, 1.165) is 11.4 Å². The monoisotopic (exact) mass is 262 g/mol. The predicted octanol–water partition coefficient (Wildman–Crippen LogP) is 3.69. The highest BCUT2D eigenvalue weighted by Gasteiger charge is 2.25. The lowest BCUT2D eigenvalue weighted by molar-refractivity contribution is -0.120. The van der Waals surface area contributed by atoms with Gasteiger partial charge in [-0.3, -0.25) is 4.79 Å². The molecule has 0 heterocycles. The van der Waals surface area contributed by atoms with E-state index in [9.17, 15) is 4.79 Å². The quantitative estimate of drug-likeness (QED) is 0.841. The molecule has 0 saturated heterocycles. The SMILES string of the molecule is CCN(C(=O)CC(C)C(C)(C)C)c1ccc(N)cc1. The fraction of sp³-hybridized carbons (Fsp3) is 0.562. The smallest absolute Gasteiger partial charge is 0.227 e. The van der Waals surface area contributed by atoms with E-state index in [0.29, 0.717) is 18.9 Å². The van der Waals surface area contributed by atoms with Gasteiger partial charge in [0, 0.05) is 24.3 Å². The third-order valence-electron chi connectivity index (χ3n) is 3.78. The van der Waals surface area contributed by atoms with Crippen molar-refractivity contribution in [2.45, 2.75) is 41.0 Å². The molecule has 1 amide bonds. The third-order valence-corrected chi connectivity index (χ3v) is 3.78. The molecule has 19 heavy (non-hydrogen) atoms. The zero-order chi connectivity index (χ0) is 14.6. The molecule has 1 unspecified atom stereocenters. The van der Waals surface area contributed by atoms with Crippen LogP contribution >= 0.6 is 0 Å². The Labute approximate surface area is 116 Å². The van der Waals surface area contributed by atoms with Gasteiger partial charge in [0.15, 0.2) is 0 Å². The Balaban J connectivity index is 2.80. The minimum atomic E-state index is 0.149. The molecular formula is C16H26N2O. The van der Waals surface area contributed by atoms with Crippen LogP contribution in [0.1, 0.15) is 41.0 Å². The first-order chi connectivity index (χ1) is 8.75. The summed E-state index contributed by atoms with van der Waals surface area (Å²) in [7, 11) is 0. The van der Waals surface area contributed by atoms with Crippen LogP contribution in [0.3, 0.4) is 0 Å². The van der Waals surface area contributed by atoms with E-state index in [1.807, 2.05) is 36.1 Å². The van der Waals surface area contributed by atoms with Crippen molar-refractivity contribution in [3.63, 3.8) is 0 Å². The van der Waals surface area contributed by atoms with E-state index in [1.165, 1.54) is 0 Å². The molecule has 0 saturated carbocycles. The molecule has 1 aromatic carbocycles. The summed E-state index contributed by atoms with van der Waals surface area (Å²) in [5.74, 6) is 0.525. The van der Waals surface area contributed by atoms with E-state index in [2.05, 4.69) is 27.7 Å². The fourth-order valence-corrected chi connectivity index (χ4v) is 1.84. The van der Waals surface area contributed by atoms with E-state index >= 15 is 0 Å². The molecular weight excluding hydrogens is 236 g/mol. The Kier molecular flexibility index (Phi) is 4.98. The van der Waals surface area contributed by atoms with Gasteiger partial charge in [0.25, 0.3) is 0 Å². The van der Waals surface area contributed by atoms with Gasteiger partial charge < -0.3 is 10.6 Å². The van der Waals surface area contributed by atoms with E-state index in [4.69, 9.17) is 5.73 Å². The fourth-order valence-electron chi connectivity index (χ4n) is 1.84. The lowest BCUT2D eigenvalue weighted by Crippen LogP contribution is -2.34. The zero-order valence-electron chi connectivity index (χ0n) is 12.7. The lowest BCUT2D eigenvalue weighted by atomic mass is 9.80. The second-order valence-electron chi connectivity index (χ2n) is 6.20. The molecule has 1 atom stereocenters. The average molecular weight is 262 g/mol. The molecule has 0 aliphatic heterocycles. The van der Waals surface area contributed by atoms with Gasteiger partial charge in [-0.2, -0.15) is 0 Å². The van der Waals surface area contributed by atoms with Gasteiger partial charge in [-0.1, -0.05) is 27.7 Å². The number of amides is 1. The van der Waals surface area contributed by atoms with Crippen LogP contribution in [0.2, 0.25) is 0 Å². The number of rotatable bonds is 4. The van der Waals surface area contributed by atoms with Crippen molar-refractivity contribution in [3.05, 3.63) is 24.3 Å². The van der Waals surface area contributed by atoms with Crippen molar-refractivity contribution >= 4 is 17.3 Å². The highest BCUT2D eigenvalue weighted by Crippen LogP contribution is 2.29. The van der Waals surface area contributed by atoms with Crippen LogP contribution in [0.5, 0.6) is 0 Å². The molecule has 0 spiro atoms. The number of nitrogen functional groups attached to an aromatic ring is 1. The van der Waals surface area contributed by atoms with Gasteiger partial charge in [0.2, 0.25) is 5.91 Å².